The fourth-order valence-corrected chi connectivity index (χ4v) is 3.56. The largest absolute Gasteiger partial charge is 0.497 e. The Kier molecular flexibility index (Phi) is 8.29. The van der Waals surface area contributed by atoms with Crippen LogP contribution in [-0.2, 0) is 0 Å². The van der Waals surface area contributed by atoms with E-state index in [1.165, 1.54) is 30.6 Å². The van der Waals surface area contributed by atoms with Crippen molar-refractivity contribution in [1.29, 1.82) is 0 Å². The highest BCUT2D eigenvalue weighted by Crippen LogP contribution is 2.28. The monoisotopic (exact) mass is 349 g/mol. The van der Waals surface area contributed by atoms with Crippen LogP contribution in [0.1, 0.15) is 37.7 Å². The topological polar surface area (TPSA) is 36.9 Å². The molecule has 1 atom stereocenters. The van der Waals surface area contributed by atoms with E-state index in [0.29, 0.717) is 5.92 Å². The number of ether oxygens (including phenoxy) is 1. The van der Waals surface area contributed by atoms with Crippen molar-refractivity contribution in [2.24, 2.45) is 4.99 Å². The average molecular weight is 350 g/mol. The number of hydrogen-bond donors (Lipinski definition) is 1. The van der Waals surface area contributed by atoms with Crippen LogP contribution in [0.15, 0.2) is 29.3 Å². The maximum atomic E-state index is 5.25. The number of methoxy groups -OCH3 is 1. The number of likely N-dealkylation sites (tertiary alicyclic amines) is 1. The van der Waals surface area contributed by atoms with Gasteiger partial charge in [-0.15, -0.1) is 0 Å². The van der Waals surface area contributed by atoms with Gasteiger partial charge in [0.25, 0.3) is 0 Å². The zero-order chi connectivity index (χ0) is 17.2. The summed E-state index contributed by atoms with van der Waals surface area (Å²) in [6.45, 7) is 6.11. The summed E-state index contributed by atoms with van der Waals surface area (Å²) in [7, 11) is 1.71. The third-order valence-electron chi connectivity index (χ3n) is 4.43. The molecule has 1 aliphatic rings. The van der Waals surface area contributed by atoms with E-state index in [0.717, 1.165) is 37.9 Å². The summed E-state index contributed by atoms with van der Waals surface area (Å²) in [5, 5.41) is 3.46. The molecule has 4 nitrogen and oxygen atoms in total. The van der Waals surface area contributed by atoms with Crippen molar-refractivity contribution >= 4 is 17.7 Å². The Morgan fingerprint density at radius 3 is 2.79 bits per heavy atom. The van der Waals surface area contributed by atoms with Crippen molar-refractivity contribution in [3.8, 4) is 5.75 Å². The zero-order valence-electron chi connectivity index (χ0n) is 15.3. The first-order valence-electron chi connectivity index (χ1n) is 8.94. The van der Waals surface area contributed by atoms with Crippen LogP contribution in [0.2, 0.25) is 0 Å². The van der Waals surface area contributed by atoms with Gasteiger partial charge in [0.2, 0.25) is 0 Å². The molecule has 1 fully saturated rings. The van der Waals surface area contributed by atoms with Crippen molar-refractivity contribution in [2.45, 2.75) is 32.1 Å². The summed E-state index contributed by atoms with van der Waals surface area (Å²) >= 11 is 1.91. The summed E-state index contributed by atoms with van der Waals surface area (Å²) in [5.41, 5.74) is 1.40. The number of benzene rings is 1. The number of hydrogen-bond acceptors (Lipinski definition) is 3. The number of thioether (sulfide) groups is 1. The molecule has 24 heavy (non-hydrogen) atoms. The summed E-state index contributed by atoms with van der Waals surface area (Å²) in [6, 6.07) is 8.50. The summed E-state index contributed by atoms with van der Waals surface area (Å²) in [5.74, 6) is 3.82. The van der Waals surface area contributed by atoms with Gasteiger partial charge in [0.15, 0.2) is 5.96 Å². The van der Waals surface area contributed by atoms with Crippen LogP contribution in [-0.4, -0.2) is 56.2 Å². The van der Waals surface area contributed by atoms with E-state index >= 15 is 0 Å². The SMILES string of the molecule is CCNC(=NCCCCSC)N1CCC(c2ccc(OC)cc2)C1. The first kappa shape index (κ1) is 19.0. The Morgan fingerprint density at radius 2 is 2.12 bits per heavy atom. The third-order valence-corrected chi connectivity index (χ3v) is 5.12. The molecule has 1 N–H and O–H groups in total. The molecule has 1 aromatic carbocycles. The van der Waals surface area contributed by atoms with Crippen LogP contribution in [0.4, 0.5) is 0 Å². The molecular formula is C19H31N3OS. The van der Waals surface area contributed by atoms with Gasteiger partial charge in [-0.3, -0.25) is 4.99 Å². The minimum absolute atomic E-state index is 0.580. The van der Waals surface area contributed by atoms with Crippen molar-refractivity contribution in [3.05, 3.63) is 29.8 Å². The van der Waals surface area contributed by atoms with Gasteiger partial charge in [-0.2, -0.15) is 11.8 Å². The maximum absolute atomic E-state index is 5.25. The number of nitrogens with zero attached hydrogens (tertiary/aromatic N) is 2. The smallest absolute Gasteiger partial charge is 0.193 e. The second-order valence-electron chi connectivity index (χ2n) is 6.14. The molecule has 1 heterocycles. The molecule has 5 heteroatoms. The lowest BCUT2D eigenvalue weighted by Gasteiger charge is -2.22. The van der Waals surface area contributed by atoms with Gasteiger partial charge in [-0.05, 0) is 55.9 Å². The second kappa shape index (κ2) is 10.5. The van der Waals surface area contributed by atoms with E-state index in [2.05, 4.69) is 47.7 Å². The molecule has 0 amide bonds. The quantitative estimate of drug-likeness (QED) is 0.442. The second-order valence-corrected chi connectivity index (χ2v) is 7.13. The number of guanidine groups is 1. The molecule has 0 spiro atoms. The lowest BCUT2D eigenvalue weighted by molar-refractivity contribution is 0.414. The van der Waals surface area contributed by atoms with Crippen molar-refractivity contribution in [2.75, 3.05) is 45.3 Å². The van der Waals surface area contributed by atoms with Gasteiger partial charge >= 0.3 is 0 Å². The molecule has 0 aliphatic carbocycles. The Morgan fingerprint density at radius 1 is 1.33 bits per heavy atom. The lowest BCUT2D eigenvalue weighted by atomic mass is 9.98. The molecule has 0 bridgehead atoms. The number of rotatable bonds is 8. The molecule has 1 saturated heterocycles. The first-order valence-corrected chi connectivity index (χ1v) is 10.3. The highest BCUT2D eigenvalue weighted by Gasteiger charge is 2.25. The molecular weight excluding hydrogens is 318 g/mol. The van der Waals surface area contributed by atoms with Gasteiger partial charge < -0.3 is 15.0 Å². The van der Waals surface area contributed by atoms with E-state index in [9.17, 15) is 0 Å². The van der Waals surface area contributed by atoms with E-state index in [-0.39, 0.29) is 0 Å². The Hall–Kier alpha value is -1.36. The van der Waals surface area contributed by atoms with Gasteiger partial charge in [-0.1, -0.05) is 12.1 Å². The molecule has 0 radical (unpaired) electrons. The van der Waals surface area contributed by atoms with Crippen LogP contribution in [0.25, 0.3) is 0 Å². The van der Waals surface area contributed by atoms with Crippen LogP contribution >= 0.6 is 11.8 Å². The molecule has 1 unspecified atom stereocenters. The molecule has 1 aromatic rings. The van der Waals surface area contributed by atoms with E-state index in [1.807, 2.05) is 11.8 Å². The summed E-state index contributed by atoms with van der Waals surface area (Å²) in [4.78, 5) is 7.23. The van der Waals surface area contributed by atoms with Gasteiger partial charge in [-0.25, -0.2) is 0 Å². The van der Waals surface area contributed by atoms with Crippen molar-refractivity contribution in [1.82, 2.24) is 10.2 Å². The molecule has 134 valence electrons. The minimum atomic E-state index is 0.580. The van der Waals surface area contributed by atoms with E-state index in [1.54, 1.807) is 7.11 Å². The van der Waals surface area contributed by atoms with E-state index < -0.39 is 0 Å². The molecule has 0 saturated carbocycles. The fourth-order valence-electron chi connectivity index (χ4n) is 3.07. The molecule has 0 aromatic heterocycles. The highest BCUT2D eigenvalue weighted by molar-refractivity contribution is 7.98. The molecule has 1 aliphatic heterocycles. The number of unbranched alkanes of at least 4 members (excludes halogenated alkanes) is 1. The van der Waals surface area contributed by atoms with Crippen LogP contribution in [0.5, 0.6) is 5.75 Å². The first-order chi connectivity index (χ1) is 11.8. The summed E-state index contributed by atoms with van der Waals surface area (Å²) < 4.78 is 5.25. The van der Waals surface area contributed by atoms with Gasteiger partial charge in [0, 0.05) is 32.1 Å². The standard InChI is InChI=1S/C19H31N3OS/c1-4-20-19(21-12-5-6-14-24-3)22-13-11-17(15-22)16-7-9-18(23-2)10-8-16/h7-10,17H,4-6,11-15H2,1-3H3,(H,20,21). The Labute approximate surface area is 151 Å². The third kappa shape index (κ3) is 5.62. The summed E-state index contributed by atoms with van der Waals surface area (Å²) in [6.07, 6.45) is 5.77. The minimum Gasteiger partial charge on any atom is -0.497 e. The number of aliphatic imine (C=N–C) groups is 1. The highest BCUT2D eigenvalue weighted by atomic mass is 32.2. The van der Waals surface area contributed by atoms with Crippen molar-refractivity contribution < 1.29 is 4.74 Å². The normalized spacial score (nSPS) is 18.0. The van der Waals surface area contributed by atoms with E-state index in [4.69, 9.17) is 9.73 Å². The van der Waals surface area contributed by atoms with Crippen molar-refractivity contribution in [3.63, 3.8) is 0 Å². The van der Waals surface area contributed by atoms with Crippen LogP contribution < -0.4 is 10.1 Å². The zero-order valence-corrected chi connectivity index (χ0v) is 16.1. The number of nitrogens with one attached hydrogen (secondary N) is 1. The Balaban J connectivity index is 1.90. The lowest BCUT2D eigenvalue weighted by Crippen LogP contribution is -2.40. The van der Waals surface area contributed by atoms with Crippen LogP contribution in [0, 0.1) is 0 Å². The predicted octanol–water partition coefficient (Wildman–Crippen LogP) is 3.59. The predicted molar refractivity (Wildman–Crippen MR) is 106 cm³/mol. The Bertz CT molecular complexity index is 504. The maximum Gasteiger partial charge on any atom is 0.193 e. The average Bonchev–Trinajstić information content (AvgIpc) is 3.10. The van der Waals surface area contributed by atoms with Gasteiger partial charge in [0.05, 0.1) is 7.11 Å². The molecule has 2 rings (SSSR count). The van der Waals surface area contributed by atoms with Gasteiger partial charge in [0.1, 0.15) is 5.75 Å². The fraction of sp³-hybridized carbons (Fsp3) is 0.632. The van der Waals surface area contributed by atoms with Crippen LogP contribution in [0.3, 0.4) is 0 Å².